The highest BCUT2D eigenvalue weighted by Gasteiger charge is 2.33. The van der Waals surface area contributed by atoms with Gasteiger partial charge in [0.05, 0.1) is 17.2 Å². The maximum Gasteiger partial charge on any atom is 0.328 e. The number of rotatable bonds is 5. The van der Waals surface area contributed by atoms with Crippen LogP contribution in [-0.4, -0.2) is 44.1 Å². The number of aromatic hydroxyl groups is 2. The summed E-state index contributed by atoms with van der Waals surface area (Å²) in [4.78, 5) is 34.6. The van der Waals surface area contributed by atoms with Crippen molar-refractivity contribution in [1.29, 1.82) is 0 Å². The summed E-state index contributed by atoms with van der Waals surface area (Å²) in [7, 11) is 0. The van der Waals surface area contributed by atoms with Gasteiger partial charge < -0.3 is 20.4 Å². The molecule has 0 aliphatic heterocycles. The Hall–Kier alpha value is -3.39. The van der Waals surface area contributed by atoms with Gasteiger partial charge in [0, 0.05) is 21.7 Å². The lowest BCUT2D eigenvalue weighted by molar-refractivity contribution is -0.131. The van der Waals surface area contributed by atoms with Gasteiger partial charge in [0.2, 0.25) is 0 Å². The number of benzene rings is 2. The van der Waals surface area contributed by atoms with Gasteiger partial charge in [-0.1, -0.05) is 40.9 Å². The summed E-state index contributed by atoms with van der Waals surface area (Å²) in [6.07, 6.45) is 4.28. The third kappa shape index (κ3) is 6.81. The van der Waals surface area contributed by atoms with Crippen molar-refractivity contribution in [3.05, 3.63) is 86.4 Å². The fraction of sp³-hybridized carbons (Fsp3) is 0.160. The molecule has 0 amide bonds. The molecule has 0 bridgehead atoms. The van der Waals surface area contributed by atoms with E-state index >= 15 is 0 Å². The molecule has 0 radical (unpaired) electrons. The van der Waals surface area contributed by atoms with Crippen LogP contribution < -0.4 is 0 Å². The highest BCUT2D eigenvalue weighted by atomic mass is 35.5. The zero-order chi connectivity index (χ0) is 25.6. The second kappa shape index (κ2) is 11.7. The number of phenolic OH excluding ortho intramolecular Hbond substituents is 2. The molecule has 0 spiro atoms. The fourth-order valence-electron chi connectivity index (χ4n) is 3.00. The highest BCUT2D eigenvalue weighted by Crippen LogP contribution is 2.35. The van der Waals surface area contributed by atoms with E-state index in [1.165, 1.54) is 6.08 Å². The number of carbonyl (C=O) groups excluding carboxylic acids is 2. The molecule has 34 heavy (non-hydrogen) atoms. The molecule has 1 aliphatic carbocycles. The van der Waals surface area contributed by atoms with E-state index in [2.05, 4.69) is 0 Å². The van der Waals surface area contributed by atoms with Crippen molar-refractivity contribution in [2.75, 3.05) is 0 Å². The maximum absolute atomic E-state index is 12.3. The first kappa shape index (κ1) is 26.9. The lowest BCUT2D eigenvalue weighted by Crippen LogP contribution is -2.25. The topological polar surface area (TPSA) is 132 Å². The molecule has 7 nitrogen and oxygen atoms in total. The van der Waals surface area contributed by atoms with Crippen molar-refractivity contribution in [2.24, 2.45) is 0 Å². The lowest BCUT2D eigenvalue weighted by atomic mass is 9.85. The third-order valence-electron chi connectivity index (χ3n) is 4.66. The van der Waals surface area contributed by atoms with E-state index in [0.717, 1.165) is 29.9 Å². The molecule has 3 rings (SSSR count). The summed E-state index contributed by atoms with van der Waals surface area (Å²) >= 11 is 11.4. The van der Waals surface area contributed by atoms with Crippen LogP contribution in [0, 0.1) is 0 Å². The first-order chi connectivity index (χ1) is 15.9. The Kier molecular flexibility index (Phi) is 9.20. The van der Waals surface area contributed by atoms with Crippen molar-refractivity contribution in [3.63, 3.8) is 0 Å². The van der Waals surface area contributed by atoms with Crippen LogP contribution >= 0.6 is 23.2 Å². The van der Waals surface area contributed by atoms with Gasteiger partial charge in [-0.05, 0) is 62.2 Å². The van der Waals surface area contributed by atoms with Gasteiger partial charge in [-0.2, -0.15) is 0 Å². The number of aliphatic carboxylic acids is 1. The number of Topliss-reactive ketones (excluding diaryl/α,β-unsaturated/α-hetero) is 1. The Bertz CT molecular complexity index is 1220. The van der Waals surface area contributed by atoms with Gasteiger partial charge in [-0.3, -0.25) is 9.59 Å². The van der Waals surface area contributed by atoms with Crippen molar-refractivity contribution in [3.8, 4) is 11.5 Å². The van der Waals surface area contributed by atoms with E-state index in [1.807, 2.05) is 13.8 Å². The summed E-state index contributed by atoms with van der Waals surface area (Å²) in [5.41, 5.74) is 1.05. The highest BCUT2D eigenvalue weighted by molar-refractivity contribution is 6.35. The largest absolute Gasteiger partial charge is 0.507 e. The van der Waals surface area contributed by atoms with Crippen LogP contribution in [0.15, 0.2) is 59.7 Å². The third-order valence-corrected chi connectivity index (χ3v) is 5.22. The zero-order valence-corrected chi connectivity index (χ0v) is 19.8. The van der Waals surface area contributed by atoms with Crippen molar-refractivity contribution >= 4 is 46.8 Å². The average molecular weight is 505 g/mol. The summed E-state index contributed by atoms with van der Waals surface area (Å²) in [5.74, 6) is -3.01. The quantitative estimate of drug-likeness (QED) is 0.249. The molecule has 0 aromatic heterocycles. The number of hydrogen-bond donors (Lipinski definition) is 4. The molecule has 0 unspecified atom stereocenters. The second-order valence-corrected chi connectivity index (χ2v) is 8.36. The molecule has 178 valence electrons. The van der Waals surface area contributed by atoms with E-state index in [-0.39, 0.29) is 34.6 Å². The average Bonchev–Trinajstić information content (AvgIpc) is 2.75. The SMILES string of the molecule is CC(C)=CC[C@@H](O)C1=CC(=O)c2c(O)ccc(O)c2C1=O.O=C(O)/C=C/c1ccc(Cl)cc1Cl. The van der Waals surface area contributed by atoms with E-state index < -0.39 is 23.6 Å². The number of halogens is 2. The minimum Gasteiger partial charge on any atom is -0.507 e. The predicted molar refractivity (Wildman–Crippen MR) is 130 cm³/mol. The molecular formula is C25H22Cl2O7. The van der Waals surface area contributed by atoms with Crippen LogP contribution in [0.25, 0.3) is 6.08 Å². The number of aliphatic hydroxyl groups excluding tert-OH is 1. The normalized spacial score (nSPS) is 13.5. The predicted octanol–water partition coefficient (Wildman–Crippen LogP) is 5.21. The number of carboxylic acids is 1. The van der Waals surface area contributed by atoms with Crippen molar-refractivity contribution in [1.82, 2.24) is 0 Å². The molecule has 0 saturated heterocycles. The molecule has 0 heterocycles. The van der Waals surface area contributed by atoms with Crippen LogP contribution in [0.2, 0.25) is 10.0 Å². The first-order valence-electron chi connectivity index (χ1n) is 9.95. The minimum atomic E-state index is -1.13. The number of carboxylic acid groups (broad SMARTS) is 1. The number of phenols is 2. The molecule has 0 fully saturated rings. The molecule has 1 atom stereocenters. The number of hydrogen-bond acceptors (Lipinski definition) is 6. The van der Waals surface area contributed by atoms with Gasteiger partial charge in [-0.25, -0.2) is 4.79 Å². The Balaban J connectivity index is 0.000000270. The molecule has 9 heteroatoms. The Morgan fingerprint density at radius 1 is 1.03 bits per heavy atom. The molecule has 4 N–H and O–H groups in total. The lowest BCUT2D eigenvalue weighted by Gasteiger charge is -2.20. The smallest absolute Gasteiger partial charge is 0.328 e. The Morgan fingerprint density at radius 3 is 2.21 bits per heavy atom. The number of carbonyl (C=O) groups is 3. The molecule has 2 aromatic carbocycles. The minimum absolute atomic E-state index is 0.0779. The van der Waals surface area contributed by atoms with Gasteiger partial charge in [-0.15, -0.1) is 0 Å². The number of allylic oxidation sites excluding steroid dienone is 2. The van der Waals surface area contributed by atoms with Crippen LogP contribution in [0.5, 0.6) is 11.5 Å². The monoisotopic (exact) mass is 504 g/mol. The second-order valence-electron chi connectivity index (χ2n) is 7.52. The fourth-order valence-corrected chi connectivity index (χ4v) is 3.47. The van der Waals surface area contributed by atoms with Crippen LogP contribution in [0.3, 0.4) is 0 Å². The zero-order valence-electron chi connectivity index (χ0n) is 18.3. The van der Waals surface area contributed by atoms with Crippen molar-refractivity contribution in [2.45, 2.75) is 26.4 Å². The van der Waals surface area contributed by atoms with Crippen molar-refractivity contribution < 1.29 is 34.8 Å². The van der Waals surface area contributed by atoms with Gasteiger partial charge in [0.25, 0.3) is 0 Å². The van der Waals surface area contributed by atoms with E-state index in [4.69, 9.17) is 28.3 Å². The van der Waals surface area contributed by atoms with Crippen LogP contribution in [-0.2, 0) is 4.79 Å². The number of aliphatic hydroxyl groups is 1. The van der Waals surface area contributed by atoms with E-state index in [0.29, 0.717) is 15.6 Å². The maximum atomic E-state index is 12.3. The molecular weight excluding hydrogens is 483 g/mol. The summed E-state index contributed by atoms with van der Waals surface area (Å²) in [6.45, 7) is 3.71. The van der Waals surface area contributed by atoms with Gasteiger partial charge in [0.15, 0.2) is 11.6 Å². The Labute approximate surface area is 205 Å². The van der Waals surface area contributed by atoms with Gasteiger partial charge in [0.1, 0.15) is 11.5 Å². The first-order valence-corrected chi connectivity index (χ1v) is 10.7. The Morgan fingerprint density at radius 2 is 1.65 bits per heavy atom. The number of ketones is 2. The standard InChI is InChI=1S/C16H16O5.C9H6Cl2O2/c1-8(2)3-4-10(17)9-7-13(20)14-11(18)5-6-12(19)15(14)16(9)21;10-7-3-1-6(8(11)5-7)2-4-9(12)13/h3,5-7,10,17-19H,4H2,1-2H3;1-5H,(H,12,13)/b;4-2+/t10-;/m1./s1. The molecule has 1 aliphatic rings. The number of fused-ring (bicyclic) bond motifs is 1. The van der Waals surface area contributed by atoms with Crippen LogP contribution in [0.1, 0.15) is 46.5 Å². The molecule has 2 aromatic rings. The van der Waals surface area contributed by atoms with E-state index in [1.54, 1.807) is 24.3 Å². The molecule has 0 saturated carbocycles. The summed E-state index contributed by atoms with van der Waals surface area (Å²) in [5, 5.41) is 38.9. The van der Waals surface area contributed by atoms with E-state index in [9.17, 15) is 29.7 Å². The summed E-state index contributed by atoms with van der Waals surface area (Å²) in [6, 6.07) is 7.16. The van der Waals surface area contributed by atoms with Crippen LogP contribution in [0.4, 0.5) is 0 Å². The van der Waals surface area contributed by atoms with Gasteiger partial charge >= 0.3 is 5.97 Å². The summed E-state index contributed by atoms with van der Waals surface area (Å²) < 4.78 is 0.